The number of rotatable bonds is 1. The summed E-state index contributed by atoms with van der Waals surface area (Å²) in [5, 5.41) is 3.35. The molecule has 61 valence electrons. The molecule has 0 aliphatic heterocycles. The van der Waals surface area contributed by atoms with E-state index in [1.54, 1.807) is 24.3 Å². The molecule has 0 amide bonds. The molecular formula is C7H8N3SY-. The largest absolute Gasteiger partial charge is 0.780 e. The minimum atomic E-state index is 0. The maximum atomic E-state index is 5.44. The van der Waals surface area contributed by atoms with Crippen molar-refractivity contribution in [2.45, 2.75) is 4.90 Å². The fourth-order valence-electron chi connectivity index (χ4n) is 0.700. The average molecular weight is 255 g/mol. The molecule has 1 rings (SSSR count). The topological polar surface area (TPSA) is 64.4 Å². The van der Waals surface area contributed by atoms with E-state index in [0.717, 1.165) is 10.5 Å². The van der Waals surface area contributed by atoms with Crippen molar-refractivity contribution in [3.63, 3.8) is 0 Å². The summed E-state index contributed by atoms with van der Waals surface area (Å²) >= 11 is 4.88. The van der Waals surface area contributed by atoms with Crippen LogP contribution >= 0.6 is 0 Å². The first-order valence-electron chi connectivity index (χ1n) is 3.05. The van der Waals surface area contributed by atoms with Crippen LogP contribution in [-0.4, -0.2) is 5.84 Å². The van der Waals surface area contributed by atoms with Gasteiger partial charge < -0.3 is 24.2 Å². The van der Waals surface area contributed by atoms with Crippen molar-refractivity contribution >= 4 is 18.5 Å². The second-order valence-electron chi connectivity index (χ2n) is 2.04. The van der Waals surface area contributed by atoms with E-state index >= 15 is 0 Å². The molecule has 0 bridgehead atoms. The Bertz CT molecular complexity index is 270. The Labute approximate surface area is 102 Å². The zero-order valence-corrected chi connectivity index (χ0v) is 10.1. The molecule has 5 heteroatoms. The first-order valence-corrected chi connectivity index (χ1v) is 3.45. The van der Waals surface area contributed by atoms with E-state index in [0.29, 0.717) is 5.84 Å². The third-order valence-electron chi connectivity index (χ3n) is 1.29. The Morgan fingerprint density at radius 1 is 1.25 bits per heavy atom. The summed E-state index contributed by atoms with van der Waals surface area (Å²) in [4.78, 5) is 0.776. The number of hydrazone groups is 1. The molecular weight excluding hydrogens is 247 g/mol. The van der Waals surface area contributed by atoms with Gasteiger partial charge in [-0.05, 0) is 0 Å². The Morgan fingerprint density at radius 3 is 2.17 bits per heavy atom. The van der Waals surface area contributed by atoms with Crippen molar-refractivity contribution < 1.29 is 32.7 Å². The number of amidine groups is 1. The minimum Gasteiger partial charge on any atom is -0.780 e. The molecule has 1 radical (unpaired) electrons. The monoisotopic (exact) mass is 255 g/mol. The number of hydrogen-bond acceptors (Lipinski definition) is 3. The standard InChI is InChI=1S/C7H9N3S.Y/c8-7(10-9)5-1-3-6(11)4-2-5;/h1-4,11H,9H2,(H2,8,10);/p-1. The van der Waals surface area contributed by atoms with Crippen LogP contribution in [0.3, 0.4) is 0 Å². The van der Waals surface area contributed by atoms with Crippen molar-refractivity contribution in [3.05, 3.63) is 29.8 Å². The molecule has 0 unspecified atom stereocenters. The van der Waals surface area contributed by atoms with Crippen LogP contribution in [0.25, 0.3) is 0 Å². The molecule has 0 aliphatic rings. The van der Waals surface area contributed by atoms with E-state index < -0.39 is 0 Å². The molecule has 4 N–H and O–H groups in total. The fourth-order valence-corrected chi connectivity index (χ4v) is 0.836. The molecule has 3 nitrogen and oxygen atoms in total. The average Bonchev–Trinajstić information content (AvgIpc) is 2.05. The van der Waals surface area contributed by atoms with Crippen LogP contribution in [0.1, 0.15) is 5.56 Å². The number of hydrogen-bond donors (Lipinski definition) is 2. The van der Waals surface area contributed by atoms with Gasteiger partial charge in [0.15, 0.2) is 0 Å². The summed E-state index contributed by atoms with van der Waals surface area (Å²) in [6.45, 7) is 0. The third-order valence-corrected chi connectivity index (χ3v) is 1.56. The van der Waals surface area contributed by atoms with Crippen LogP contribution in [0.5, 0.6) is 0 Å². The predicted molar refractivity (Wildman–Crippen MR) is 47.0 cm³/mol. The maximum Gasteiger partial charge on any atom is 0.150 e. The van der Waals surface area contributed by atoms with Crippen molar-refractivity contribution in [1.29, 1.82) is 0 Å². The van der Waals surface area contributed by atoms with Gasteiger partial charge in [-0.3, -0.25) is 0 Å². The van der Waals surface area contributed by atoms with Crippen LogP contribution < -0.4 is 11.6 Å². The van der Waals surface area contributed by atoms with Crippen molar-refractivity contribution in [2.24, 2.45) is 16.7 Å². The van der Waals surface area contributed by atoms with Gasteiger partial charge in [-0.2, -0.15) is 10.00 Å². The quantitative estimate of drug-likeness (QED) is 0.247. The van der Waals surface area contributed by atoms with Crippen LogP contribution in [0.2, 0.25) is 0 Å². The van der Waals surface area contributed by atoms with Crippen LogP contribution in [0.15, 0.2) is 34.3 Å². The van der Waals surface area contributed by atoms with E-state index in [2.05, 4.69) is 5.10 Å². The molecule has 0 aliphatic carbocycles. The van der Waals surface area contributed by atoms with Gasteiger partial charge in [0.2, 0.25) is 0 Å². The smallest absolute Gasteiger partial charge is 0.150 e. The normalized spacial score (nSPS) is 10.5. The SMILES string of the molecule is N/N=C(\N)c1ccc([S-])cc1.[Y]. The number of nitrogens with two attached hydrogens (primary N) is 2. The van der Waals surface area contributed by atoms with Gasteiger partial charge in [-0.25, -0.2) is 0 Å². The first-order chi connectivity index (χ1) is 5.24. The van der Waals surface area contributed by atoms with Gasteiger partial charge in [0.25, 0.3) is 0 Å². The van der Waals surface area contributed by atoms with E-state index in [-0.39, 0.29) is 32.7 Å². The summed E-state index contributed by atoms with van der Waals surface area (Å²) in [7, 11) is 0. The van der Waals surface area contributed by atoms with Gasteiger partial charge in [0.1, 0.15) is 5.84 Å². The van der Waals surface area contributed by atoms with Gasteiger partial charge in [0, 0.05) is 38.3 Å². The predicted octanol–water partition coefficient (Wildman–Crippen LogP) is 0.169. The Balaban J connectivity index is 0.00000121. The second kappa shape index (κ2) is 5.46. The summed E-state index contributed by atoms with van der Waals surface area (Å²) in [5.41, 5.74) is 6.23. The van der Waals surface area contributed by atoms with Gasteiger partial charge in [-0.1, -0.05) is 24.3 Å². The number of benzene rings is 1. The molecule has 1 aromatic rings. The van der Waals surface area contributed by atoms with Crippen LogP contribution in [-0.2, 0) is 45.3 Å². The zero-order valence-electron chi connectivity index (χ0n) is 6.40. The summed E-state index contributed by atoms with van der Waals surface area (Å²) in [6, 6.07) is 7.13. The van der Waals surface area contributed by atoms with E-state index in [4.69, 9.17) is 24.2 Å². The van der Waals surface area contributed by atoms with E-state index in [9.17, 15) is 0 Å². The molecule has 1 aromatic carbocycles. The summed E-state index contributed by atoms with van der Waals surface area (Å²) in [5.74, 6) is 5.30. The first kappa shape index (κ1) is 11.8. The molecule has 0 fully saturated rings. The van der Waals surface area contributed by atoms with Crippen LogP contribution in [0, 0.1) is 0 Å². The molecule has 0 saturated carbocycles. The minimum absolute atomic E-state index is 0. The van der Waals surface area contributed by atoms with Gasteiger partial charge in [-0.15, -0.1) is 0 Å². The molecule has 0 spiro atoms. The molecule has 0 saturated heterocycles. The Hall–Kier alpha value is -0.186. The van der Waals surface area contributed by atoms with E-state index in [1.807, 2.05) is 0 Å². The van der Waals surface area contributed by atoms with Crippen molar-refractivity contribution in [1.82, 2.24) is 0 Å². The third kappa shape index (κ3) is 3.05. The molecule has 0 heterocycles. The zero-order chi connectivity index (χ0) is 8.27. The van der Waals surface area contributed by atoms with Crippen LogP contribution in [0.4, 0.5) is 0 Å². The molecule has 0 aromatic heterocycles. The van der Waals surface area contributed by atoms with E-state index in [1.165, 1.54) is 0 Å². The Morgan fingerprint density at radius 2 is 1.75 bits per heavy atom. The fraction of sp³-hybridized carbons (Fsp3) is 0. The maximum absolute atomic E-state index is 5.44. The summed E-state index contributed by atoms with van der Waals surface area (Å²) in [6.07, 6.45) is 0. The second-order valence-corrected chi connectivity index (χ2v) is 2.51. The molecule has 0 atom stereocenters. The van der Waals surface area contributed by atoms with Crippen molar-refractivity contribution in [3.8, 4) is 0 Å². The number of nitrogens with zero attached hydrogens (tertiary/aromatic N) is 1. The molecule has 12 heavy (non-hydrogen) atoms. The van der Waals surface area contributed by atoms with Crippen molar-refractivity contribution in [2.75, 3.05) is 0 Å². The Kier molecular flexibility index (Phi) is 5.37. The van der Waals surface area contributed by atoms with Gasteiger partial charge in [0.05, 0.1) is 0 Å². The summed E-state index contributed by atoms with van der Waals surface area (Å²) < 4.78 is 0. The van der Waals surface area contributed by atoms with Gasteiger partial charge >= 0.3 is 0 Å².